The molecule has 0 saturated carbocycles. The highest BCUT2D eigenvalue weighted by Gasteiger charge is 2.19. The molecule has 0 spiro atoms. The summed E-state index contributed by atoms with van der Waals surface area (Å²) in [6, 6.07) is 4.91. The summed E-state index contributed by atoms with van der Waals surface area (Å²) in [5.74, 6) is 0. The molecule has 0 aliphatic carbocycles. The molecule has 18 heavy (non-hydrogen) atoms. The summed E-state index contributed by atoms with van der Waals surface area (Å²) in [5.41, 5.74) is 5.57. The monoisotopic (exact) mass is 249 g/mol. The molecule has 0 amide bonds. The molecule has 102 valence electrons. The summed E-state index contributed by atoms with van der Waals surface area (Å²) >= 11 is 0. The van der Waals surface area contributed by atoms with E-state index in [1.807, 2.05) is 7.05 Å². The molecule has 1 aromatic rings. The van der Waals surface area contributed by atoms with Crippen molar-refractivity contribution in [1.29, 1.82) is 0 Å². The van der Waals surface area contributed by atoms with E-state index in [9.17, 15) is 0 Å². The van der Waals surface area contributed by atoms with E-state index in [-0.39, 0.29) is 6.10 Å². The van der Waals surface area contributed by atoms with Crippen LogP contribution < -0.4 is 5.32 Å². The van der Waals surface area contributed by atoms with Crippen LogP contribution in [0.15, 0.2) is 12.1 Å². The summed E-state index contributed by atoms with van der Waals surface area (Å²) < 4.78 is 5.57. The first-order chi connectivity index (χ1) is 8.53. The first-order valence-electron chi connectivity index (χ1n) is 6.80. The lowest BCUT2D eigenvalue weighted by Gasteiger charge is -2.26. The molecule has 2 heteroatoms. The van der Waals surface area contributed by atoms with Crippen LogP contribution in [0.4, 0.5) is 0 Å². The molecule has 1 aromatic carbocycles. The van der Waals surface area contributed by atoms with Crippen molar-refractivity contribution >= 4 is 0 Å². The van der Waals surface area contributed by atoms with E-state index in [0.717, 1.165) is 12.8 Å². The van der Waals surface area contributed by atoms with E-state index in [0.29, 0.717) is 6.04 Å². The van der Waals surface area contributed by atoms with Gasteiger partial charge in [-0.1, -0.05) is 24.6 Å². The highest BCUT2D eigenvalue weighted by Crippen LogP contribution is 2.20. The minimum Gasteiger partial charge on any atom is -0.380 e. The third kappa shape index (κ3) is 3.56. The Hall–Kier alpha value is -0.860. The Labute approximate surface area is 112 Å². The molecule has 2 atom stereocenters. The smallest absolute Gasteiger partial charge is 0.0724 e. The molecule has 0 aliphatic rings. The lowest BCUT2D eigenvalue weighted by Crippen LogP contribution is -2.40. The van der Waals surface area contributed by atoms with Gasteiger partial charge in [0.05, 0.1) is 6.10 Å². The van der Waals surface area contributed by atoms with Gasteiger partial charge in [0.15, 0.2) is 0 Å². The molecule has 0 fully saturated rings. The van der Waals surface area contributed by atoms with Gasteiger partial charge in [-0.2, -0.15) is 0 Å². The largest absolute Gasteiger partial charge is 0.380 e. The van der Waals surface area contributed by atoms with Crippen molar-refractivity contribution in [2.24, 2.45) is 0 Å². The number of aryl methyl sites for hydroxylation is 3. The Bertz CT molecular complexity index is 360. The molecule has 0 radical (unpaired) electrons. The van der Waals surface area contributed by atoms with Crippen LogP contribution in [0.5, 0.6) is 0 Å². The van der Waals surface area contributed by atoms with Gasteiger partial charge >= 0.3 is 0 Å². The third-order valence-electron chi connectivity index (χ3n) is 3.79. The van der Waals surface area contributed by atoms with E-state index in [2.05, 4.69) is 45.1 Å². The summed E-state index contributed by atoms with van der Waals surface area (Å²) in [7, 11) is 3.82. The molecule has 1 rings (SSSR count). The molecule has 0 saturated heterocycles. The van der Waals surface area contributed by atoms with Gasteiger partial charge in [-0.25, -0.2) is 0 Å². The summed E-state index contributed by atoms with van der Waals surface area (Å²) in [5, 5.41) is 3.40. The summed E-state index contributed by atoms with van der Waals surface area (Å²) in [4.78, 5) is 0. The van der Waals surface area contributed by atoms with Crippen molar-refractivity contribution in [2.45, 2.75) is 52.7 Å². The maximum absolute atomic E-state index is 5.57. The number of likely N-dealkylation sites (N-methyl/N-ethyl adjacent to an activating group) is 1. The van der Waals surface area contributed by atoms with Gasteiger partial charge < -0.3 is 10.1 Å². The number of methoxy groups -OCH3 is 1. The predicted molar refractivity (Wildman–Crippen MR) is 78.3 cm³/mol. The van der Waals surface area contributed by atoms with Crippen molar-refractivity contribution in [2.75, 3.05) is 14.2 Å². The van der Waals surface area contributed by atoms with Crippen LogP contribution in [0.25, 0.3) is 0 Å². The van der Waals surface area contributed by atoms with E-state index in [1.54, 1.807) is 7.11 Å². The van der Waals surface area contributed by atoms with E-state index < -0.39 is 0 Å². The van der Waals surface area contributed by atoms with Gasteiger partial charge in [0.2, 0.25) is 0 Å². The molecular weight excluding hydrogens is 222 g/mol. The average Bonchev–Trinajstić information content (AvgIpc) is 2.32. The first-order valence-corrected chi connectivity index (χ1v) is 6.80. The minimum absolute atomic E-state index is 0.273. The van der Waals surface area contributed by atoms with E-state index >= 15 is 0 Å². The van der Waals surface area contributed by atoms with Gasteiger partial charge in [0, 0.05) is 13.2 Å². The third-order valence-corrected chi connectivity index (χ3v) is 3.79. The zero-order chi connectivity index (χ0) is 13.7. The molecule has 0 bridgehead atoms. The zero-order valence-corrected chi connectivity index (χ0v) is 12.6. The van der Waals surface area contributed by atoms with Gasteiger partial charge in [0.25, 0.3) is 0 Å². The number of nitrogens with one attached hydrogen (secondary N) is 1. The van der Waals surface area contributed by atoms with Crippen LogP contribution in [-0.2, 0) is 11.2 Å². The Morgan fingerprint density at radius 3 is 2.11 bits per heavy atom. The van der Waals surface area contributed by atoms with Gasteiger partial charge in [-0.05, 0) is 57.4 Å². The van der Waals surface area contributed by atoms with Crippen molar-refractivity contribution in [3.63, 3.8) is 0 Å². The Morgan fingerprint density at radius 1 is 1.17 bits per heavy atom. The highest BCUT2D eigenvalue weighted by molar-refractivity contribution is 5.38. The SMILES string of the molecule is CCC(OC)C(Cc1c(C)cc(C)cc1C)NC. The van der Waals surface area contributed by atoms with Crippen LogP contribution in [-0.4, -0.2) is 26.3 Å². The highest BCUT2D eigenvalue weighted by atomic mass is 16.5. The van der Waals surface area contributed by atoms with Crippen LogP contribution >= 0.6 is 0 Å². The standard InChI is InChI=1S/C16H27NO/c1-7-16(18-6)15(17-5)10-14-12(3)8-11(2)9-13(14)4/h8-9,15-17H,7,10H2,1-6H3. The second kappa shape index (κ2) is 6.91. The minimum atomic E-state index is 0.273. The topological polar surface area (TPSA) is 21.3 Å². The van der Waals surface area contributed by atoms with E-state index in [1.165, 1.54) is 22.3 Å². The van der Waals surface area contributed by atoms with E-state index in [4.69, 9.17) is 4.74 Å². The fourth-order valence-electron chi connectivity index (χ4n) is 2.79. The molecule has 0 heterocycles. The second-order valence-electron chi connectivity index (χ2n) is 5.16. The fourth-order valence-corrected chi connectivity index (χ4v) is 2.79. The number of benzene rings is 1. The summed E-state index contributed by atoms with van der Waals surface area (Å²) in [6.07, 6.45) is 2.34. The Kier molecular flexibility index (Phi) is 5.83. The molecule has 1 N–H and O–H groups in total. The lowest BCUT2D eigenvalue weighted by molar-refractivity contribution is 0.0677. The van der Waals surface area contributed by atoms with Gasteiger partial charge in [-0.3, -0.25) is 0 Å². The van der Waals surface area contributed by atoms with Crippen molar-refractivity contribution in [3.8, 4) is 0 Å². The summed E-state index contributed by atoms with van der Waals surface area (Å²) in [6.45, 7) is 8.74. The molecular formula is C16H27NO. The fraction of sp³-hybridized carbons (Fsp3) is 0.625. The van der Waals surface area contributed by atoms with Crippen LogP contribution in [0.1, 0.15) is 35.6 Å². The van der Waals surface area contributed by atoms with Crippen molar-refractivity contribution in [1.82, 2.24) is 5.32 Å². The van der Waals surface area contributed by atoms with Crippen LogP contribution in [0.2, 0.25) is 0 Å². The number of rotatable bonds is 6. The van der Waals surface area contributed by atoms with Crippen LogP contribution in [0.3, 0.4) is 0 Å². The van der Waals surface area contributed by atoms with Crippen molar-refractivity contribution < 1.29 is 4.74 Å². The number of hydrogen-bond donors (Lipinski definition) is 1. The Balaban J connectivity index is 2.94. The average molecular weight is 249 g/mol. The zero-order valence-electron chi connectivity index (χ0n) is 12.6. The first kappa shape index (κ1) is 15.2. The van der Waals surface area contributed by atoms with Crippen LogP contribution in [0, 0.1) is 20.8 Å². The lowest BCUT2D eigenvalue weighted by atomic mass is 9.92. The maximum Gasteiger partial charge on any atom is 0.0724 e. The molecule has 2 unspecified atom stereocenters. The normalized spacial score (nSPS) is 14.6. The predicted octanol–water partition coefficient (Wildman–Crippen LogP) is 3.17. The van der Waals surface area contributed by atoms with Gasteiger partial charge in [-0.15, -0.1) is 0 Å². The second-order valence-corrected chi connectivity index (χ2v) is 5.16. The van der Waals surface area contributed by atoms with Crippen molar-refractivity contribution in [3.05, 3.63) is 34.4 Å². The molecule has 2 nitrogen and oxygen atoms in total. The number of ether oxygens (including phenoxy) is 1. The maximum atomic E-state index is 5.57. The molecule has 0 aromatic heterocycles. The molecule has 0 aliphatic heterocycles. The van der Waals surface area contributed by atoms with Gasteiger partial charge in [0.1, 0.15) is 0 Å². The number of hydrogen-bond acceptors (Lipinski definition) is 2. The Morgan fingerprint density at radius 2 is 1.72 bits per heavy atom. The quantitative estimate of drug-likeness (QED) is 0.836.